The molecule has 3 rings (SSSR count). The summed E-state index contributed by atoms with van der Waals surface area (Å²) in [5.41, 5.74) is 1.22. The molecule has 1 saturated carbocycles. The third-order valence-corrected chi connectivity index (χ3v) is 6.04. The summed E-state index contributed by atoms with van der Waals surface area (Å²) in [6, 6.07) is 8.09. The number of hydrogen-bond donors (Lipinski definition) is 3. The fourth-order valence-electron chi connectivity index (χ4n) is 4.05. The first-order chi connectivity index (χ1) is 13.8. The second-order valence-electron chi connectivity index (χ2n) is 9.40. The van der Waals surface area contributed by atoms with Gasteiger partial charge in [-0.05, 0) is 64.5 Å². The lowest BCUT2D eigenvalue weighted by Gasteiger charge is -2.31. The number of carbonyl (C=O) groups excluding carboxylic acids is 2. The molecule has 1 heterocycles. The predicted molar refractivity (Wildman–Crippen MR) is 114 cm³/mol. The molecule has 0 radical (unpaired) electrons. The molecule has 6 heteroatoms. The second-order valence-corrected chi connectivity index (χ2v) is 9.40. The van der Waals surface area contributed by atoms with Crippen LogP contribution in [-0.2, 0) is 4.79 Å². The van der Waals surface area contributed by atoms with Crippen LogP contribution in [0.4, 0.5) is 0 Å². The normalized spacial score (nSPS) is 22.5. The van der Waals surface area contributed by atoms with E-state index in [1.54, 1.807) is 0 Å². The number of amides is 2. The van der Waals surface area contributed by atoms with Crippen molar-refractivity contribution in [2.24, 2.45) is 5.92 Å². The van der Waals surface area contributed by atoms with E-state index in [9.17, 15) is 14.7 Å². The van der Waals surface area contributed by atoms with Crippen molar-refractivity contribution in [3.63, 3.8) is 0 Å². The lowest BCUT2D eigenvalue weighted by Crippen LogP contribution is -2.49. The molecule has 6 nitrogen and oxygen atoms in total. The fourth-order valence-corrected chi connectivity index (χ4v) is 4.05. The Morgan fingerprint density at radius 2 is 1.76 bits per heavy atom. The predicted octanol–water partition coefficient (Wildman–Crippen LogP) is 2.25. The van der Waals surface area contributed by atoms with Gasteiger partial charge < -0.3 is 15.7 Å². The SMILES string of the molecule is Cc1ccc(C(=O)NC[C@@H]2CC[C@H](CC(=O)NC(C)(C)CO)N2CC2CC2)cc1. The first-order valence-electron chi connectivity index (χ1n) is 10.8. The molecule has 2 fully saturated rings. The van der Waals surface area contributed by atoms with E-state index in [0.717, 1.165) is 30.9 Å². The average molecular weight is 402 g/mol. The molecule has 2 amide bonds. The Morgan fingerprint density at radius 3 is 2.38 bits per heavy atom. The lowest BCUT2D eigenvalue weighted by atomic mass is 10.1. The molecule has 0 bridgehead atoms. The number of nitrogens with one attached hydrogen (secondary N) is 2. The molecule has 29 heavy (non-hydrogen) atoms. The van der Waals surface area contributed by atoms with Gasteiger partial charge >= 0.3 is 0 Å². The maximum Gasteiger partial charge on any atom is 0.251 e. The Hall–Kier alpha value is -1.92. The molecule has 2 aliphatic rings. The molecule has 1 aromatic carbocycles. The number of aliphatic hydroxyl groups excluding tert-OH is 1. The summed E-state index contributed by atoms with van der Waals surface area (Å²) in [6.07, 6.45) is 4.91. The van der Waals surface area contributed by atoms with Gasteiger partial charge in [0.15, 0.2) is 0 Å². The number of hydrogen-bond acceptors (Lipinski definition) is 4. The van der Waals surface area contributed by atoms with Crippen LogP contribution in [0.15, 0.2) is 24.3 Å². The van der Waals surface area contributed by atoms with Crippen LogP contribution in [0.3, 0.4) is 0 Å². The topological polar surface area (TPSA) is 81.7 Å². The van der Waals surface area contributed by atoms with Gasteiger partial charge in [0.05, 0.1) is 12.1 Å². The van der Waals surface area contributed by atoms with Gasteiger partial charge in [-0.1, -0.05) is 17.7 Å². The standard InChI is InChI=1S/C23H35N3O3/c1-16-4-8-18(9-5-16)22(29)24-13-20-11-10-19(26(20)14-17-6-7-17)12-21(28)25-23(2,3)15-27/h4-5,8-9,17,19-20,27H,6-7,10-15H2,1-3H3,(H,24,29)(H,25,28)/t19-,20+/m1/s1. The van der Waals surface area contributed by atoms with Crippen LogP contribution in [0.1, 0.15) is 61.9 Å². The first-order valence-corrected chi connectivity index (χ1v) is 10.8. The van der Waals surface area contributed by atoms with E-state index in [0.29, 0.717) is 18.5 Å². The summed E-state index contributed by atoms with van der Waals surface area (Å²) in [4.78, 5) is 27.4. The minimum atomic E-state index is -0.599. The zero-order chi connectivity index (χ0) is 21.0. The van der Waals surface area contributed by atoms with Crippen LogP contribution in [0, 0.1) is 12.8 Å². The number of aliphatic hydroxyl groups is 1. The van der Waals surface area contributed by atoms with Crippen molar-refractivity contribution in [3.05, 3.63) is 35.4 Å². The Morgan fingerprint density at radius 1 is 1.10 bits per heavy atom. The van der Waals surface area contributed by atoms with Gasteiger partial charge in [-0.15, -0.1) is 0 Å². The van der Waals surface area contributed by atoms with E-state index in [1.165, 1.54) is 12.8 Å². The van der Waals surface area contributed by atoms with Gasteiger partial charge in [0.1, 0.15) is 0 Å². The molecule has 1 saturated heterocycles. The molecule has 0 spiro atoms. The summed E-state index contributed by atoms with van der Waals surface area (Å²) in [5.74, 6) is 0.671. The molecule has 0 aromatic heterocycles. The smallest absolute Gasteiger partial charge is 0.251 e. The van der Waals surface area contributed by atoms with E-state index in [1.807, 2.05) is 45.0 Å². The molecular weight excluding hydrogens is 366 g/mol. The van der Waals surface area contributed by atoms with Gasteiger partial charge in [-0.25, -0.2) is 0 Å². The zero-order valence-corrected chi connectivity index (χ0v) is 17.9. The number of carbonyl (C=O) groups is 2. The minimum Gasteiger partial charge on any atom is -0.394 e. The Bertz CT molecular complexity index is 713. The lowest BCUT2D eigenvalue weighted by molar-refractivity contribution is -0.124. The highest BCUT2D eigenvalue weighted by Gasteiger charge is 2.38. The van der Waals surface area contributed by atoms with E-state index in [4.69, 9.17) is 0 Å². The quantitative estimate of drug-likeness (QED) is 0.593. The maximum atomic E-state index is 12.5. The van der Waals surface area contributed by atoms with Gasteiger partial charge in [0.25, 0.3) is 5.91 Å². The largest absolute Gasteiger partial charge is 0.394 e. The van der Waals surface area contributed by atoms with Crippen molar-refractivity contribution >= 4 is 11.8 Å². The van der Waals surface area contributed by atoms with Crippen molar-refractivity contribution in [1.82, 2.24) is 15.5 Å². The summed E-state index contributed by atoms with van der Waals surface area (Å²) < 4.78 is 0. The van der Waals surface area contributed by atoms with Crippen molar-refractivity contribution in [2.75, 3.05) is 19.7 Å². The number of aryl methyl sites for hydroxylation is 1. The van der Waals surface area contributed by atoms with Crippen molar-refractivity contribution in [1.29, 1.82) is 0 Å². The highest BCUT2D eigenvalue weighted by Crippen LogP contribution is 2.35. The van der Waals surface area contributed by atoms with E-state index >= 15 is 0 Å². The summed E-state index contributed by atoms with van der Waals surface area (Å²) in [7, 11) is 0. The summed E-state index contributed by atoms with van der Waals surface area (Å²) in [6.45, 7) is 7.19. The first kappa shape index (κ1) is 21.8. The molecule has 0 unspecified atom stereocenters. The molecule has 2 atom stereocenters. The average Bonchev–Trinajstić information content (AvgIpc) is 3.42. The summed E-state index contributed by atoms with van der Waals surface area (Å²) in [5, 5.41) is 15.4. The third kappa shape index (κ3) is 6.28. The molecular formula is C23H35N3O3. The summed E-state index contributed by atoms with van der Waals surface area (Å²) >= 11 is 0. The Labute approximate surface area is 174 Å². The Balaban J connectivity index is 1.56. The van der Waals surface area contributed by atoms with Gasteiger partial charge in [-0.3, -0.25) is 14.5 Å². The van der Waals surface area contributed by atoms with Crippen LogP contribution in [-0.4, -0.2) is 59.1 Å². The van der Waals surface area contributed by atoms with Crippen LogP contribution >= 0.6 is 0 Å². The molecule has 1 aliphatic heterocycles. The highest BCUT2D eigenvalue weighted by atomic mass is 16.3. The monoisotopic (exact) mass is 401 g/mol. The maximum absolute atomic E-state index is 12.5. The van der Waals surface area contributed by atoms with Crippen LogP contribution in [0.25, 0.3) is 0 Å². The molecule has 3 N–H and O–H groups in total. The van der Waals surface area contributed by atoms with Crippen molar-refractivity contribution in [3.8, 4) is 0 Å². The van der Waals surface area contributed by atoms with E-state index in [2.05, 4.69) is 15.5 Å². The van der Waals surface area contributed by atoms with Crippen LogP contribution < -0.4 is 10.6 Å². The van der Waals surface area contributed by atoms with Gasteiger partial charge in [0, 0.05) is 37.2 Å². The third-order valence-electron chi connectivity index (χ3n) is 6.04. The van der Waals surface area contributed by atoms with Crippen molar-refractivity contribution < 1.29 is 14.7 Å². The van der Waals surface area contributed by atoms with Crippen LogP contribution in [0.5, 0.6) is 0 Å². The molecule has 1 aliphatic carbocycles. The number of nitrogens with zero attached hydrogens (tertiary/aromatic N) is 1. The van der Waals surface area contributed by atoms with E-state index in [-0.39, 0.29) is 30.5 Å². The number of benzene rings is 1. The fraction of sp³-hybridized carbons (Fsp3) is 0.652. The molecule has 160 valence electrons. The van der Waals surface area contributed by atoms with Gasteiger partial charge in [-0.2, -0.15) is 0 Å². The zero-order valence-electron chi connectivity index (χ0n) is 17.9. The Kier molecular flexibility index (Phi) is 6.96. The minimum absolute atomic E-state index is 0.0146. The van der Waals surface area contributed by atoms with Crippen LogP contribution in [0.2, 0.25) is 0 Å². The van der Waals surface area contributed by atoms with Crippen molar-refractivity contribution in [2.45, 2.75) is 70.5 Å². The van der Waals surface area contributed by atoms with E-state index < -0.39 is 5.54 Å². The highest BCUT2D eigenvalue weighted by molar-refractivity contribution is 5.94. The number of likely N-dealkylation sites (tertiary alicyclic amines) is 1. The number of rotatable bonds is 9. The molecule has 1 aromatic rings. The second kappa shape index (κ2) is 9.26. The van der Waals surface area contributed by atoms with Gasteiger partial charge in [0.2, 0.25) is 5.91 Å².